The van der Waals surface area contributed by atoms with Crippen molar-refractivity contribution in [3.05, 3.63) is 59.7 Å². The van der Waals surface area contributed by atoms with Gasteiger partial charge in [0.25, 0.3) is 5.91 Å². The van der Waals surface area contributed by atoms with E-state index >= 15 is 0 Å². The molecule has 0 fully saturated rings. The van der Waals surface area contributed by atoms with Crippen molar-refractivity contribution >= 4 is 36.2 Å². The van der Waals surface area contributed by atoms with Crippen LogP contribution in [0, 0.1) is 12.8 Å². The molecular weight excluding hydrogens is 514 g/mol. The Morgan fingerprint density at radius 2 is 1.69 bits per heavy atom. The van der Waals surface area contributed by atoms with Crippen molar-refractivity contribution in [1.29, 1.82) is 0 Å². The SMILES string of the molecule is Cc1ccccc1NC(=O)C(c1cccc(O)c1)N(C(=O)C(CS)NC(=O)OC(C)(C)C)C(C)CCC(C)C. The summed E-state index contributed by atoms with van der Waals surface area (Å²) < 4.78 is 5.37. The molecule has 0 heterocycles. The predicted octanol–water partition coefficient (Wildman–Crippen LogP) is 5.86. The van der Waals surface area contributed by atoms with Gasteiger partial charge in [0.2, 0.25) is 5.91 Å². The minimum atomic E-state index is -1.09. The Labute approximate surface area is 237 Å². The Balaban J connectivity index is 2.57. The number of amides is 3. The topological polar surface area (TPSA) is 108 Å². The zero-order valence-electron chi connectivity index (χ0n) is 24.0. The molecule has 2 aromatic carbocycles. The number of benzene rings is 2. The first-order chi connectivity index (χ1) is 18.2. The van der Waals surface area contributed by atoms with Crippen LogP contribution in [0.25, 0.3) is 0 Å². The Morgan fingerprint density at radius 3 is 2.26 bits per heavy atom. The number of alkyl carbamates (subject to hydrolysis) is 1. The van der Waals surface area contributed by atoms with Crippen molar-refractivity contribution < 1.29 is 24.2 Å². The van der Waals surface area contributed by atoms with Crippen LogP contribution in [0.15, 0.2) is 48.5 Å². The number of phenols is 1. The summed E-state index contributed by atoms with van der Waals surface area (Å²) in [5, 5.41) is 15.9. The van der Waals surface area contributed by atoms with Gasteiger partial charge in [0.15, 0.2) is 0 Å². The minimum Gasteiger partial charge on any atom is -0.508 e. The average Bonchev–Trinajstić information content (AvgIpc) is 2.84. The van der Waals surface area contributed by atoms with E-state index in [4.69, 9.17) is 4.74 Å². The van der Waals surface area contributed by atoms with Crippen LogP contribution in [0.5, 0.6) is 5.75 Å². The number of aromatic hydroxyl groups is 1. The molecule has 0 saturated heterocycles. The van der Waals surface area contributed by atoms with Gasteiger partial charge in [-0.15, -0.1) is 0 Å². The molecule has 0 saturated carbocycles. The summed E-state index contributed by atoms with van der Waals surface area (Å²) in [7, 11) is 0. The van der Waals surface area contributed by atoms with Gasteiger partial charge in [0.05, 0.1) is 0 Å². The number of rotatable bonds is 11. The highest BCUT2D eigenvalue weighted by atomic mass is 32.1. The average molecular weight is 558 g/mol. The maximum atomic E-state index is 14.1. The molecule has 0 spiro atoms. The number of nitrogens with zero attached hydrogens (tertiary/aromatic N) is 1. The number of thiol groups is 1. The fourth-order valence-corrected chi connectivity index (χ4v) is 4.42. The Hall–Kier alpha value is -3.20. The Morgan fingerprint density at radius 1 is 1.03 bits per heavy atom. The number of ether oxygens (including phenoxy) is 1. The van der Waals surface area contributed by atoms with Crippen LogP contribution < -0.4 is 10.6 Å². The van der Waals surface area contributed by atoms with E-state index in [0.717, 1.165) is 12.0 Å². The zero-order valence-corrected chi connectivity index (χ0v) is 24.9. The second kappa shape index (κ2) is 14.3. The number of aryl methyl sites for hydroxylation is 1. The number of hydrogen-bond acceptors (Lipinski definition) is 6. The van der Waals surface area contributed by atoms with E-state index in [9.17, 15) is 19.5 Å². The molecule has 2 aromatic rings. The fourth-order valence-electron chi connectivity index (χ4n) is 4.18. The molecule has 0 aliphatic rings. The summed E-state index contributed by atoms with van der Waals surface area (Å²) in [6.07, 6.45) is 0.701. The normalized spacial score (nSPS) is 13.8. The third-order valence-corrected chi connectivity index (χ3v) is 6.54. The molecule has 0 bridgehead atoms. The monoisotopic (exact) mass is 557 g/mol. The molecule has 3 amide bonds. The number of para-hydroxylation sites is 1. The highest BCUT2D eigenvalue weighted by molar-refractivity contribution is 7.80. The van der Waals surface area contributed by atoms with E-state index < -0.39 is 35.6 Å². The molecule has 0 aliphatic carbocycles. The van der Waals surface area contributed by atoms with E-state index in [-0.39, 0.29) is 17.5 Å². The summed E-state index contributed by atoms with van der Waals surface area (Å²) in [5.74, 6) is -0.557. The first-order valence-corrected chi connectivity index (χ1v) is 13.9. The van der Waals surface area contributed by atoms with E-state index in [2.05, 4.69) is 37.1 Å². The molecule has 214 valence electrons. The number of hydrogen-bond donors (Lipinski definition) is 4. The van der Waals surface area contributed by atoms with E-state index in [0.29, 0.717) is 23.6 Å². The standard InChI is InChI=1S/C30H43N3O5S/c1-19(2)15-16-21(4)33(28(36)25(18-39)32-29(37)38-30(5,6)7)26(22-12-10-13-23(34)17-22)27(35)31-24-14-9-8-11-20(24)3/h8-14,17,19,21,25-26,34,39H,15-16,18H2,1-7H3,(H,31,35)(H,32,37). The number of nitrogens with one attached hydrogen (secondary N) is 2. The zero-order chi connectivity index (χ0) is 29.3. The van der Waals surface area contributed by atoms with Gasteiger partial charge in [-0.2, -0.15) is 12.6 Å². The molecule has 0 radical (unpaired) electrons. The van der Waals surface area contributed by atoms with Crippen LogP contribution >= 0.6 is 12.6 Å². The molecule has 39 heavy (non-hydrogen) atoms. The predicted molar refractivity (Wildman–Crippen MR) is 158 cm³/mol. The summed E-state index contributed by atoms with van der Waals surface area (Å²) >= 11 is 4.35. The van der Waals surface area contributed by atoms with Crippen molar-refractivity contribution in [2.24, 2.45) is 5.92 Å². The van der Waals surface area contributed by atoms with Crippen molar-refractivity contribution in [3.63, 3.8) is 0 Å². The van der Waals surface area contributed by atoms with Crippen LogP contribution in [0.1, 0.15) is 71.6 Å². The van der Waals surface area contributed by atoms with Gasteiger partial charge in [0.1, 0.15) is 23.4 Å². The van der Waals surface area contributed by atoms with Gasteiger partial charge >= 0.3 is 6.09 Å². The Bertz CT molecular complexity index is 1130. The maximum Gasteiger partial charge on any atom is 0.408 e. The molecule has 3 atom stereocenters. The lowest BCUT2D eigenvalue weighted by Crippen LogP contribution is -2.55. The van der Waals surface area contributed by atoms with Crippen LogP contribution in [-0.4, -0.2) is 51.4 Å². The third kappa shape index (κ3) is 9.80. The van der Waals surface area contributed by atoms with Crippen LogP contribution in [0.2, 0.25) is 0 Å². The third-order valence-electron chi connectivity index (χ3n) is 6.18. The molecule has 3 unspecified atom stereocenters. The van der Waals surface area contributed by atoms with Gasteiger partial charge < -0.3 is 25.4 Å². The van der Waals surface area contributed by atoms with Crippen LogP contribution in [-0.2, 0) is 14.3 Å². The number of phenolic OH excluding ortho intramolecular Hbond substituents is 1. The van der Waals surface area contributed by atoms with E-state index in [1.807, 2.05) is 32.0 Å². The summed E-state index contributed by atoms with van der Waals surface area (Å²) in [5.41, 5.74) is 1.18. The molecule has 0 aliphatic heterocycles. The summed E-state index contributed by atoms with van der Waals surface area (Å²) in [6, 6.07) is 11.2. The second-order valence-electron chi connectivity index (χ2n) is 11.2. The smallest absolute Gasteiger partial charge is 0.408 e. The first-order valence-electron chi connectivity index (χ1n) is 13.3. The van der Waals surface area contributed by atoms with Crippen molar-refractivity contribution in [2.75, 3.05) is 11.1 Å². The van der Waals surface area contributed by atoms with Gasteiger partial charge in [0, 0.05) is 17.5 Å². The largest absolute Gasteiger partial charge is 0.508 e. The van der Waals surface area contributed by atoms with Gasteiger partial charge in [-0.05, 0) is 82.7 Å². The number of carbonyl (C=O) groups excluding carboxylic acids is 3. The number of anilines is 1. The Kier molecular flexibility index (Phi) is 11.7. The summed E-state index contributed by atoms with van der Waals surface area (Å²) in [6.45, 7) is 13.2. The fraction of sp³-hybridized carbons (Fsp3) is 0.500. The van der Waals surface area contributed by atoms with Crippen molar-refractivity contribution in [3.8, 4) is 5.75 Å². The van der Waals surface area contributed by atoms with E-state index in [1.165, 1.54) is 17.0 Å². The lowest BCUT2D eigenvalue weighted by Gasteiger charge is -2.38. The summed E-state index contributed by atoms with van der Waals surface area (Å²) in [4.78, 5) is 42.2. The highest BCUT2D eigenvalue weighted by Gasteiger charge is 2.38. The lowest BCUT2D eigenvalue weighted by molar-refractivity contribution is -0.143. The number of carbonyl (C=O) groups is 3. The lowest BCUT2D eigenvalue weighted by atomic mass is 9.97. The first kappa shape index (κ1) is 32.0. The highest BCUT2D eigenvalue weighted by Crippen LogP contribution is 2.31. The van der Waals surface area contributed by atoms with Gasteiger partial charge in [-0.25, -0.2) is 4.79 Å². The van der Waals surface area contributed by atoms with Crippen LogP contribution in [0.3, 0.4) is 0 Å². The molecule has 0 aromatic heterocycles. The molecule has 8 nitrogen and oxygen atoms in total. The van der Waals surface area contributed by atoms with Crippen molar-refractivity contribution in [1.82, 2.24) is 10.2 Å². The second-order valence-corrected chi connectivity index (χ2v) is 11.6. The van der Waals surface area contributed by atoms with Crippen molar-refractivity contribution in [2.45, 2.75) is 85.0 Å². The minimum absolute atomic E-state index is 0.00233. The van der Waals surface area contributed by atoms with Gasteiger partial charge in [-0.1, -0.05) is 44.2 Å². The maximum absolute atomic E-state index is 14.1. The van der Waals surface area contributed by atoms with Crippen LogP contribution in [0.4, 0.5) is 10.5 Å². The van der Waals surface area contributed by atoms with E-state index in [1.54, 1.807) is 39.0 Å². The quantitative estimate of drug-likeness (QED) is 0.259. The molecule has 2 rings (SSSR count). The molecular formula is C30H43N3O5S. The molecule has 3 N–H and O–H groups in total. The molecule has 9 heteroatoms. The van der Waals surface area contributed by atoms with Gasteiger partial charge in [-0.3, -0.25) is 9.59 Å².